The van der Waals surface area contributed by atoms with Gasteiger partial charge < -0.3 is 24.3 Å². The number of benzene rings is 1. The summed E-state index contributed by atoms with van der Waals surface area (Å²) in [5, 5.41) is 3.41. The van der Waals surface area contributed by atoms with Crippen LogP contribution in [0.15, 0.2) is 41.6 Å². The van der Waals surface area contributed by atoms with Gasteiger partial charge in [-0.05, 0) is 37.8 Å². The lowest BCUT2D eigenvalue weighted by molar-refractivity contribution is 0.122. The molecule has 1 N–H and O–H groups in total. The number of rotatable bonds is 5. The van der Waals surface area contributed by atoms with Crippen LogP contribution in [0, 0.1) is 0 Å². The lowest BCUT2D eigenvalue weighted by atomic mass is 9.93. The van der Waals surface area contributed by atoms with Crippen molar-refractivity contribution >= 4 is 22.7 Å². The predicted octanol–water partition coefficient (Wildman–Crippen LogP) is 2.36. The van der Waals surface area contributed by atoms with Crippen LogP contribution in [0.25, 0.3) is 11.0 Å². The average molecular weight is 437 g/mol. The van der Waals surface area contributed by atoms with Crippen LogP contribution in [-0.2, 0) is 11.8 Å². The zero-order valence-electron chi connectivity index (χ0n) is 18.2. The van der Waals surface area contributed by atoms with Crippen molar-refractivity contribution < 1.29 is 9.47 Å². The molecule has 3 aromatic rings. The first-order valence-corrected chi connectivity index (χ1v) is 11.2. The number of ether oxygens (including phenoxy) is 2. The summed E-state index contributed by atoms with van der Waals surface area (Å²) in [6.07, 6.45) is 8.73. The quantitative estimate of drug-likeness (QED) is 0.652. The summed E-state index contributed by atoms with van der Waals surface area (Å²) in [5.41, 5.74) is 2.42. The van der Waals surface area contributed by atoms with E-state index in [0.29, 0.717) is 25.2 Å². The molecule has 1 aliphatic carbocycles. The third-order valence-corrected chi connectivity index (χ3v) is 6.26. The highest BCUT2D eigenvalue weighted by molar-refractivity contribution is 5.85. The second kappa shape index (κ2) is 9.12. The molecule has 1 saturated heterocycles. The van der Waals surface area contributed by atoms with Gasteiger partial charge in [-0.1, -0.05) is 0 Å². The first-order valence-electron chi connectivity index (χ1n) is 11.2. The van der Waals surface area contributed by atoms with Gasteiger partial charge in [-0.15, -0.1) is 0 Å². The van der Waals surface area contributed by atoms with E-state index in [1.807, 2.05) is 12.1 Å². The molecule has 0 atom stereocenters. The van der Waals surface area contributed by atoms with Crippen molar-refractivity contribution in [3.05, 3.63) is 47.1 Å². The number of nitrogens with one attached hydrogen (secondary N) is 1. The average Bonchev–Trinajstić information content (AvgIpc) is 2.84. The van der Waals surface area contributed by atoms with Crippen molar-refractivity contribution in [2.75, 3.05) is 36.5 Å². The van der Waals surface area contributed by atoms with Gasteiger partial charge in [0.25, 0.3) is 5.56 Å². The molecule has 0 spiro atoms. The van der Waals surface area contributed by atoms with Crippen LogP contribution in [0.2, 0.25) is 0 Å². The molecule has 0 amide bonds. The summed E-state index contributed by atoms with van der Waals surface area (Å²) in [4.78, 5) is 27.5. The lowest BCUT2D eigenvalue weighted by Crippen LogP contribution is -2.36. The number of morpholine rings is 1. The molecule has 3 heterocycles. The first kappa shape index (κ1) is 20.7. The van der Waals surface area contributed by atoms with E-state index in [0.717, 1.165) is 61.2 Å². The largest absolute Gasteiger partial charge is 0.488 e. The highest BCUT2D eigenvalue weighted by Crippen LogP contribution is 2.33. The number of nitrogens with zero attached hydrogens (tertiary/aromatic N) is 5. The van der Waals surface area contributed by atoms with Crippen LogP contribution < -0.4 is 20.5 Å². The minimum absolute atomic E-state index is 0.0863. The minimum atomic E-state index is -0.141. The molecule has 1 aromatic carbocycles. The van der Waals surface area contributed by atoms with Crippen LogP contribution >= 0.6 is 0 Å². The topological polar surface area (TPSA) is 94.4 Å². The zero-order valence-corrected chi connectivity index (χ0v) is 18.2. The molecule has 2 aromatic heterocycles. The summed E-state index contributed by atoms with van der Waals surface area (Å²) < 4.78 is 13.6. The van der Waals surface area contributed by atoms with Crippen molar-refractivity contribution in [1.29, 1.82) is 0 Å². The van der Waals surface area contributed by atoms with Gasteiger partial charge in [-0.3, -0.25) is 4.79 Å². The molecule has 1 saturated carbocycles. The molecule has 1 aliphatic heterocycles. The third kappa shape index (κ3) is 4.38. The van der Waals surface area contributed by atoms with Gasteiger partial charge >= 0.3 is 0 Å². The van der Waals surface area contributed by atoms with E-state index in [1.165, 1.54) is 6.20 Å². The molecule has 9 nitrogen and oxygen atoms in total. The Morgan fingerprint density at radius 2 is 1.81 bits per heavy atom. The summed E-state index contributed by atoms with van der Waals surface area (Å²) in [5.74, 6) is 1.39. The second-order valence-corrected chi connectivity index (χ2v) is 8.37. The van der Waals surface area contributed by atoms with Gasteiger partial charge in [-0.2, -0.15) is 0 Å². The Labute approximate surface area is 186 Å². The van der Waals surface area contributed by atoms with Gasteiger partial charge in [0.15, 0.2) is 0 Å². The SMILES string of the molecule is Cn1c(=O)cnc2cc(N3CCOCC3)cc(OC3CCC(Nc4ncccn4)CC3)c21. The van der Waals surface area contributed by atoms with Crippen molar-refractivity contribution in [3.8, 4) is 5.75 Å². The fraction of sp³-hybridized carbons (Fsp3) is 0.478. The highest BCUT2D eigenvalue weighted by atomic mass is 16.5. The second-order valence-electron chi connectivity index (χ2n) is 8.37. The lowest BCUT2D eigenvalue weighted by Gasteiger charge is -2.31. The van der Waals surface area contributed by atoms with Gasteiger partial charge in [0.2, 0.25) is 5.95 Å². The Balaban J connectivity index is 1.36. The summed E-state index contributed by atoms with van der Waals surface area (Å²) >= 11 is 0. The van der Waals surface area contributed by atoms with Gasteiger partial charge in [0.1, 0.15) is 11.3 Å². The number of hydrogen-bond acceptors (Lipinski definition) is 8. The zero-order chi connectivity index (χ0) is 21.9. The van der Waals surface area contributed by atoms with Crippen LogP contribution in [0.1, 0.15) is 25.7 Å². The third-order valence-electron chi connectivity index (χ3n) is 6.26. The molecule has 2 aliphatic rings. The molecule has 5 rings (SSSR count). The number of anilines is 2. The molecule has 9 heteroatoms. The normalized spacial score (nSPS) is 21.5. The van der Waals surface area contributed by atoms with E-state index >= 15 is 0 Å². The summed E-state index contributed by atoms with van der Waals surface area (Å²) in [7, 11) is 1.77. The van der Waals surface area contributed by atoms with E-state index in [4.69, 9.17) is 9.47 Å². The predicted molar refractivity (Wildman–Crippen MR) is 122 cm³/mol. The number of fused-ring (bicyclic) bond motifs is 1. The van der Waals surface area contributed by atoms with E-state index in [9.17, 15) is 4.79 Å². The fourth-order valence-electron chi connectivity index (χ4n) is 4.49. The Bertz CT molecular complexity index is 1120. The Morgan fingerprint density at radius 1 is 1.06 bits per heavy atom. The van der Waals surface area contributed by atoms with Gasteiger partial charge in [0.05, 0.1) is 31.0 Å². The monoisotopic (exact) mass is 436 g/mol. The van der Waals surface area contributed by atoms with Gasteiger partial charge in [0, 0.05) is 50.3 Å². The molecular formula is C23H28N6O3. The van der Waals surface area contributed by atoms with Crippen LogP contribution in [-0.4, -0.2) is 58.0 Å². The number of aryl methyl sites for hydroxylation is 1. The summed E-state index contributed by atoms with van der Waals surface area (Å²) in [6.45, 7) is 3.07. The van der Waals surface area contributed by atoms with Crippen molar-refractivity contribution in [2.24, 2.45) is 7.05 Å². The smallest absolute Gasteiger partial charge is 0.269 e. The van der Waals surface area contributed by atoms with Crippen LogP contribution in [0.4, 0.5) is 11.6 Å². The molecular weight excluding hydrogens is 408 g/mol. The fourth-order valence-corrected chi connectivity index (χ4v) is 4.49. The van der Waals surface area contributed by atoms with Crippen LogP contribution in [0.3, 0.4) is 0 Å². The molecule has 168 valence electrons. The highest BCUT2D eigenvalue weighted by Gasteiger charge is 2.25. The Hall–Kier alpha value is -3.20. The van der Waals surface area contributed by atoms with E-state index in [-0.39, 0.29) is 11.7 Å². The maximum Gasteiger partial charge on any atom is 0.269 e. The Morgan fingerprint density at radius 3 is 2.56 bits per heavy atom. The minimum Gasteiger partial charge on any atom is -0.488 e. The van der Waals surface area contributed by atoms with Gasteiger partial charge in [-0.25, -0.2) is 15.0 Å². The van der Waals surface area contributed by atoms with Crippen LogP contribution in [0.5, 0.6) is 5.75 Å². The molecule has 0 unspecified atom stereocenters. The maximum atomic E-state index is 12.3. The number of hydrogen-bond donors (Lipinski definition) is 1. The standard InChI is InChI=1S/C23H28N6O3/c1-28-21(30)15-26-19-13-17(29-9-11-31-12-10-29)14-20(22(19)28)32-18-5-3-16(4-6-18)27-23-24-7-2-8-25-23/h2,7-8,13-16,18H,3-6,9-12H2,1H3,(H,24,25,27). The van der Waals surface area contributed by atoms with E-state index < -0.39 is 0 Å². The van der Waals surface area contributed by atoms with Crippen molar-refractivity contribution in [3.63, 3.8) is 0 Å². The molecule has 32 heavy (non-hydrogen) atoms. The number of aromatic nitrogens is 4. The molecule has 0 bridgehead atoms. The first-order chi connectivity index (χ1) is 15.7. The van der Waals surface area contributed by atoms with Crippen molar-refractivity contribution in [1.82, 2.24) is 19.5 Å². The Kier molecular flexibility index (Phi) is 5.89. The molecule has 0 radical (unpaired) electrons. The molecule has 2 fully saturated rings. The van der Waals surface area contributed by atoms with E-state index in [1.54, 1.807) is 24.0 Å². The maximum absolute atomic E-state index is 12.3. The van der Waals surface area contributed by atoms with Crippen molar-refractivity contribution in [2.45, 2.75) is 37.8 Å². The van der Waals surface area contributed by atoms with E-state index in [2.05, 4.69) is 31.2 Å². The summed E-state index contributed by atoms with van der Waals surface area (Å²) in [6, 6.07) is 6.23.